The number of allylic oxidation sites excluding steroid dienone is 3. The summed E-state index contributed by atoms with van der Waals surface area (Å²) < 4.78 is 12.1. The fourth-order valence-corrected chi connectivity index (χ4v) is 4.07. The molecule has 1 spiro atoms. The number of para-hydroxylation sites is 1. The van der Waals surface area contributed by atoms with Crippen molar-refractivity contribution in [1.29, 1.82) is 0 Å². The molecule has 0 fully saturated rings. The van der Waals surface area contributed by atoms with E-state index in [4.69, 9.17) is 9.15 Å². The SMILES string of the molecule is C1=CCC2=CN(Cc3ccco3)CC3(Cc4ccccc4O3)C2=C1.Cl. The summed E-state index contributed by atoms with van der Waals surface area (Å²) in [4.78, 5) is 2.33. The molecule has 3 aliphatic rings. The van der Waals surface area contributed by atoms with Crippen LogP contribution in [0.1, 0.15) is 17.7 Å². The summed E-state index contributed by atoms with van der Waals surface area (Å²) in [6.45, 7) is 1.61. The molecule has 0 saturated carbocycles. The fourth-order valence-electron chi connectivity index (χ4n) is 4.07. The van der Waals surface area contributed by atoms with E-state index in [1.54, 1.807) is 6.26 Å². The van der Waals surface area contributed by atoms with Crippen LogP contribution in [0, 0.1) is 0 Å². The predicted molar refractivity (Wildman–Crippen MR) is 99.8 cm³/mol. The van der Waals surface area contributed by atoms with Crippen LogP contribution in [0.2, 0.25) is 0 Å². The molecule has 2 aromatic rings. The third-order valence-electron chi connectivity index (χ3n) is 5.06. The summed E-state index contributed by atoms with van der Waals surface area (Å²) >= 11 is 0. The van der Waals surface area contributed by atoms with E-state index in [9.17, 15) is 0 Å². The number of nitrogens with zero attached hydrogens (tertiary/aromatic N) is 1. The van der Waals surface area contributed by atoms with Crippen molar-refractivity contribution in [2.45, 2.75) is 25.0 Å². The minimum absolute atomic E-state index is 0. The summed E-state index contributed by atoms with van der Waals surface area (Å²) in [5.41, 5.74) is 3.69. The number of benzene rings is 1. The highest BCUT2D eigenvalue weighted by atomic mass is 35.5. The lowest BCUT2D eigenvalue weighted by Crippen LogP contribution is -2.50. The number of fused-ring (bicyclic) bond motifs is 3. The van der Waals surface area contributed by atoms with Gasteiger partial charge in [-0.25, -0.2) is 0 Å². The van der Waals surface area contributed by atoms with Gasteiger partial charge in [-0.05, 0) is 35.8 Å². The second-order valence-electron chi connectivity index (χ2n) is 6.73. The number of rotatable bonds is 2. The van der Waals surface area contributed by atoms with E-state index in [2.05, 4.69) is 47.5 Å². The summed E-state index contributed by atoms with van der Waals surface area (Å²) in [6, 6.07) is 12.4. The Balaban J connectivity index is 0.00000157. The van der Waals surface area contributed by atoms with Gasteiger partial charge in [-0.1, -0.05) is 36.4 Å². The van der Waals surface area contributed by atoms with E-state index in [0.717, 1.165) is 37.4 Å². The maximum absolute atomic E-state index is 6.54. The van der Waals surface area contributed by atoms with E-state index in [1.807, 2.05) is 18.2 Å². The van der Waals surface area contributed by atoms with Crippen LogP contribution in [0.25, 0.3) is 0 Å². The summed E-state index contributed by atoms with van der Waals surface area (Å²) in [5.74, 6) is 2.00. The second kappa shape index (κ2) is 6.16. The van der Waals surface area contributed by atoms with Crippen molar-refractivity contribution in [2.75, 3.05) is 6.54 Å². The average molecular weight is 354 g/mol. The van der Waals surface area contributed by atoms with E-state index >= 15 is 0 Å². The van der Waals surface area contributed by atoms with Gasteiger partial charge in [0.1, 0.15) is 11.5 Å². The Bertz CT molecular complexity index is 839. The number of halogens is 1. The number of ether oxygens (including phenoxy) is 1. The van der Waals surface area contributed by atoms with Gasteiger partial charge in [0, 0.05) is 18.2 Å². The number of furan rings is 1. The monoisotopic (exact) mass is 353 g/mol. The van der Waals surface area contributed by atoms with Gasteiger partial charge in [-0.15, -0.1) is 12.4 Å². The van der Waals surface area contributed by atoms with E-state index in [-0.39, 0.29) is 18.0 Å². The van der Waals surface area contributed by atoms with Crippen molar-refractivity contribution in [3.05, 3.63) is 89.6 Å². The molecule has 5 rings (SSSR count). The highest BCUT2D eigenvalue weighted by Gasteiger charge is 2.47. The zero-order valence-corrected chi connectivity index (χ0v) is 14.7. The standard InChI is InChI=1S/C21H19NO2.ClH/c1-3-9-19-17(7-1)13-22(14-18-8-5-11-23-18)15-21(19)12-16-6-2-4-10-20(16)24-21;/h1-6,8-11,13H,7,12,14-15H2;1H. The molecule has 4 heteroatoms. The Kier molecular flexibility index (Phi) is 3.97. The fraction of sp³-hybridized carbons (Fsp3) is 0.238. The van der Waals surface area contributed by atoms with E-state index in [1.165, 1.54) is 16.7 Å². The van der Waals surface area contributed by atoms with Crippen LogP contribution in [0.3, 0.4) is 0 Å². The molecular weight excluding hydrogens is 334 g/mol. The lowest BCUT2D eigenvalue weighted by atomic mass is 9.79. The van der Waals surface area contributed by atoms with Gasteiger partial charge >= 0.3 is 0 Å². The molecule has 0 saturated heterocycles. The topological polar surface area (TPSA) is 25.6 Å². The van der Waals surface area contributed by atoms with Crippen molar-refractivity contribution < 1.29 is 9.15 Å². The lowest BCUT2D eigenvalue weighted by molar-refractivity contribution is 0.0850. The van der Waals surface area contributed by atoms with Crippen molar-refractivity contribution >= 4 is 12.4 Å². The third-order valence-corrected chi connectivity index (χ3v) is 5.06. The van der Waals surface area contributed by atoms with Crippen LogP contribution in [-0.4, -0.2) is 17.0 Å². The average Bonchev–Trinajstić information content (AvgIpc) is 3.22. The van der Waals surface area contributed by atoms with E-state index < -0.39 is 0 Å². The summed E-state index contributed by atoms with van der Waals surface area (Å²) in [5, 5.41) is 0. The molecule has 3 heterocycles. The van der Waals surface area contributed by atoms with Crippen LogP contribution in [0.4, 0.5) is 0 Å². The Morgan fingerprint density at radius 2 is 2.04 bits per heavy atom. The zero-order chi connectivity index (χ0) is 16.0. The van der Waals surface area contributed by atoms with Crippen LogP contribution in [-0.2, 0) is 13.0 Å². The number of hydrogen-bond acceptors (Lipinski definition) is 3. The molecule has 2 aliphatic heterocycles. The molecule has 1 atom stereocenters. The minimum Gasteiger partial charge on any atom is -0.480 e. The van der Waals surface area contributed by atoms with Crippen LogP contribution >= 0.6 is 12.4 Å². The van der Waals surface area contributed by atoms with Gasteiger partial charge in [0.15, 0.2) is 5.60 Å². The largest absolute Gasteiger partial charge is 0.480 e. The van der Waals surface area contributed by atoms with Crippen molar-refractivity contribution in [3.63, 3.8) is 0 Å². The molecule has 0 N–H and O–H groups in total. The third kappa shape index (κ3) is 2.69. The first-order valence-corrected chi connectivity index (χ1v) is 8.44. The Morgan fingerprint density at radius 3 is 2.88 bits per heavy atom. The molecule has 1 aliphatic carbocycles. The highest BCUT2D eigenvalue weighted by Crippen LogP contribution is 2.45. The molecule has 25 heavy (non-hydrogen) atoms. The van der Waals surface area contributed by atoms with Gasteiger partial charge in [-0.2, -0.15) is 0 Å². The van der Waals surface area contributed by atoms with Gasteiger partial charge in [0.2, 0.25) is 0 Å². The quantitative estimate of drug-likeness (QED) is 0.785. The molecule has 1 aromatic carbocycles. The van der Waals surface area contributed by atoms with Crippen LogP contribution in [0.5, 0.6) is 5.75 Å². The van der Waals surface area contributed by atoms with Crippen molar-refractivity contribution in [1.82, 2.24) is 4.90 Å². The van der Waals surface area contributed by atoms with Crippen LogP contribution in [0.15, 0.2) is 82.7 Å². The van der Waals surface area contributed by atoms with Gasteiger partial charge in [-0.3, -0.25) is 0 Å². The first-order valence-electron chi connectivity index (χ1n) is 8.44. The summed E-state index contributed by atoms with van der Waals surface area (Å²) in [6.07, 6.45) is 12.5. The van der Waals surface area contributed by atoms with Gasteiger partial charge < -0.3 is 14.1 Å². The molecule has 3 nitrogen and oxygen atoms in total. The second-order valence-corrected chi connectivity index (χ2v) is 6.73. The van der Waals surface area contributed by atoms with Crippen molar-refractivity contribution in [3.8, 4) is 5.75 Å². The molecule has 128 valence electrons. The van der Waals surface area contributed by atoms with E-state index in [0.29, 0.717) is 0 Å². The molecule has 1 unspecified atom stereocenters. The summed E-state index contributed by atoms with van der Waals surface area (Å²) in [7, 11) is 0. The predicted octanol–water partition coefficient (Wildman–Crippen LogP) is 4.66. The zero-order valence-electron chi connectivity index (χ0n) is 13.9. The lowest BCUT2D eigenvalue weighted by Gasteiger charge is -2.42. The maximum Gasteiger partial charge on any atom is 0.156 e. The first kappa shape index (κ1) is 16.1. The van der Waals surface area contributed by atoms with Crippen molar-refractivity contribution in [2.24, 2.45) is 0 Å². The number of hydrogen-bond donors (Lipinski definition) is 0. The normalized spacial score (nSPS) is 23.3. The highest BCUT2D eigenvalue weighted by molar-refractivity contribution is 5.85. The first-order chi connectivity index (χ1) is 11.8. The van der Waals surface area contributed by atoms with Gasteiger partial charge in [0.05, 0.1) is 19.4 Å². The Labute approximate surface area is 153 Å². The molecule has 0 amide bonds. The maximum atomic E-state index is 6.54. The van der Waals surface area contributed by atoms with Gasteiger partial charge in [0.25, 0.3) is 0 Å². The molecular formula is C21H20ClNO2. The minimum atomic E-state index is -0.287. The molecule has 0 radical (unpaired) electrons. The molecule has 0 bridgehead atoms. The Morgan fingerprint density at radius 1 is 1.12 bits per heavy atom. The smallest absolute Gasteiger partial charge is 0.156 e. The molecule has 1 aromatic heterocycles. The Hall–Kier alpha value is -2.39. The van der Waals surface area contributed by atoms with Crippen LogP contribution < -0.4 is 4.74 Å².